The van der Waals surface area contributed by atoms with Crippen molar-refractivity contribution in [2.45, 2.75) is 11.6 Å². The molecule has 112 valence electrons. The van der Waals surface area contributed by atoms with Crippen LogP contribution in [0.1, 0.15) is 22.1 Å². The average molecular weight is 446 g/mol. The third-order valence-corrected chi connectivity index (χ3v) is 4.52. The van der Waals surface area contributed by atoms with E-state index in [1.165, 1.54) is 6.07 Å². The molecule has 0 heterocycles. The molecule has 2 aromatic rings. The van der Waals surface area contributed by atoms with E-state index in [-0.39, 0.29) is 5.56 Å². The maximum Gasteiger partial charge on any atom is 0.419 e. The number of hydrogen-bond acceptors (Lipinski definition) is 0. The predicted molar refractivity (Wildman–Crippen MR) is 80.9 cm³/mol. The van der Waals surface area contributed by atoms with Gasteiger partial charge in [-0.15, -0.1) is 11.6 Å². The van der Waals surface area contributed by atoms with Gasteiger partial charge in [-0.2, -0.15) is 13.2 Å². The van der Waals surface area contributed by atoms with Crippen LogP contribution in [0.4, 0.5) is 17.6 Å². The lowest BCUT2D eigenvalue weighted by Gasteiger charge is -2.15. The molecule has 2 rings (SSSR count). The Labute approximate surface area is 140 Å². The Kier molecular flexibility index (Phi) is 5.00. The van der Waals surface area contributed by atoms with Gasteiger partial charge in [-0.1, -0.05) is 37.9 Å². The lowest BCUT2D eigenvalue weighted by molar-refractivity contribution is -0.140. The van der Waals surface area contributed by atoms with Crippen LogP contribution in [-0.2, 0) is 6.18 Å². The summed E-state index contributed by atoms with van der Waals surface area (Å²) in [6.07, 6.45) is -4.76. The van der Waals surface area contributed by atoms with Crippen molar-refractivity contribution in [2.24, 2.45) is 0 Å². The summed E-state index contributed by atoms with van der Waals surface area (Å²) in [6, 6.07) is 7.94. The van der Waals surface area contributed by atoms with Crippen LogP contribution in [0.5, 0.6) is 0 Å². The Morgan fingerprint density at radius 2 is 1.67 bits per heavy atom. The fourth-order valence-electron chi connectivity index (χ4n) is 1.81. The molecule has 0 nitrogen and oxygen atoms in total. The molecule has 7 heteroatoms. The van der Waals surface area contributed by atoms with E-state index < -0.39 is 22.9 Å². The highest BCUT2D eigenvalue weighted by Gasteiger charge is 2.34. The second-order valence-corrected chi connectivity index (χ2v) is 6.47. The molecule has 0 aliphatic carbocycles. The first-order valence-corrected chi connectivity index (χ1v) is 7.68. The second kappa shape index (κ2) is 6.26. The Morgan fingerprint density at radius 1 is 1.00 bits per heavy atom. The maximum absolute atomic E-state index is 13.3. The molecule has 0 bridgehead atoms. The molecular formula is C14H7Br2ClF4. The van der Waals surface area contributed by atoms with Crippen molar-refractivity contribution < 1.29 is 17.6 Å². The van der Waals surface area contributed by atoms with E-state index in [9.17, 15) is 17.6 Å². The van der Waals surface area contributed by atoms with Gasteiger partial charge in [-0.05, 0) is 41.5 Å². The van der Waals surface area contributed by atoms with Crippen molar-refractivity contribution in [1.29, 1.82) is 0 Å². The smallest absolute Gasteiger partial charge is 0.206 e. The molecule has 1 unspecified atom stereocenters. The van der Waals surface area contributed by atoms with E-state index in [1.54, 1.807) is 18.2 Å². The van der Waals surface area contributed by atoms with Crippen LogP contribution in [-0.4, -0.2) is 0 Å². The first-order chi connectivity index (χ1) is 9.70. The SMILES string of the molecule is Fc1ccc(C(Cl)c2cc(Br)ccc2Br)cc1C(F)(F)F. The molecule has 0 fully saturated rings. The largest absolute Gasteiger partial charge is 0.419 e. The molecule has 0 spiro atoms. The molecule has 0 aliphatic rings. The van der Waals surface area contributed by atoms with E-state index in [4.69, 9.17) is 11.6 Å². The molecule has 21 heavy (non-hydrogen) atoms. The molecule has 0 saturated carbocycles. The first-order valence-electron chi connectivity index (χ1n) is 5.66. The zero-order chi connectivity index (χ0) is 15.8. The van der Waals surface area contributed by atoms with Gasteiger partial charge in [-0.25, -0.2) is 4.39 Å². The Bertz CT molecular complexity index is 671. The Balaban J connectivity index is 2.49. The summed E-state index contributed by atoms with van der Waals surface area (Å²) in [6.45, 7) is 0. The van der Waals surface area contributed by atoms with Gasteiger partial charge in [0.25, 0.3) is 0 Å². The van der Waals surface area contributed by atoms with Crippen LogP contribution in [0.3, 0.4) is 0 Å². The third-order valence-electron chi connectivity index (χ3n) is 2.82. The van der Waals surface area contributed by atoms with Crippen molar-refractivity contribution in [3.8, 4) is 0 Å². The molecule has 1 atom stereocenters. The second-order valence-electron chi connectivity index (χ2n) is 4.27. The van der Waals surface area contributed by atoms with Gasteiger partial charge in [-0.3, -0.25) is 0 Å². The van der Waals surface area contributed by atoms with Crippen LogP contribution in [0.2, 0.25) is 0 Å². The van der Waals surface area contributed by atoms with Gasteiger partial charge < -0.3 is 0 Å². The van der Waals surface area contributed by atoms with Crippen LogP contribution in [0, 0.1) is 5.82 Å². The summed E-state index contributed by atoms with van der Waals surface area (Å²) in [7, 11) is 0. The van der Waals surface area contributed by atoms with Crippen LogP contribution < -0.4 is 0 Å². The number of alkyl halides is 4. The van der Waals surface area contributed by atoms with Crippen molar-refractivity contribution in [1.82, 2.24) is 0 Å². The Hall–Kier alpha value is -0.590. The normalized spacial score (nSPS) is 13.3. The van der Waals surface area contributed by atoms with Crippen molar-refractivity contribution in [2.75, 3.05) is 0 Å². The van der Waals surface area contributed by atoms with E-state index in [2.05, 4.69) is 31.9 Å². The van der Waals surface area contributed by atoms with Gasteiger partial charge in [0.2, 0.25) is 0 Å². The summed E-state index contributed by atoms with van der Waals surface area (Å²) in [5.74, 6) is -1.32. The quantitative estimate of drug-likeness (QED) is 0.356. The fourth-order valence-corrected chi connectivity index (χ4v) is 3.11. The van der Waals surface area contributed by atoms with Gasteiger partial charge in [0.15, 0.2) is 0 Å². The molecule has 0 radical (unpaired) electrons. The van der Waals surface area contributed by atoms with Crippen molar-refractivity contribution >= 4 is 43.5 Å². The predicted octanol–water partition coefficient (Wildman–Crippen LogP) is 6.70. The van der Waals surface area contributed by atoms with E-state index in [0.717, 1.165) is 16.6 Å². The summed E-state index contributed by atoms with van der Waals surface area (Å²) >= 11 is 12.8. The zero-order valence-electron chi connectivity index (χ0n) is 10.2. The number of rotatable bonds is 2. The minimum Gasteiger partial charge on any atom is -0.206 e. The van der Waals surface area contributed by atoms with Crippen molar-refractivity contribution in [3.05, 3.63) is 67.9 Å². The van der Waals surface area contributed by atoms with E-state index in [1.807, 2.05) is 0 Å². The summed E-state index contributed by atoms with van der Waals surface area (Å²) < 4.78 is 52.9. The summed E-state index contributed by atoms with van der Waals surface area (Å²) in [5, 5.41) is -0.835. The minimum absolute atomic E-state index is 0.171. The first kappa shape index (κ1) is 16.8. The summed E-state index contributed by atoms with van der Waals surface area (Å²) in [5.41, 5.74) is -0.563. The topological polar surface area (TPSA) is 0 Å². The fraction of sp³-hybridized carbons (Fsp3) is 0.143. The molecule has 0 saturated heterocycles. The van der Waals surface area contributed by atoms with Crippen LogP contribution >= 0.6 is 43.5 Å². The number of halogens is 7. The van der Waals surface area contributed by atoms with Crippen LogP contribution in [0.15, 0.2) is 45.3 Å². The lowest BCUT2D eigenvalue weighted by atomic mass is 10.0. The lowest BCUT2D eigenvalue weighted by Crippen LogP contribution is -2.09. The maximum atomic E-state index is 13.3. The van der Waals surface area contributed by atoms with Gasteiger partial charge in [0.1, 0.15) is 5.82 Å². The van der Waals surface area contributed by atoms with Gasteiger partial charge in [0.05, 0.1) is 10.9 Å². The average Bonchev–Trinajstić information content (AvgIpc) is 2.40. The van der Waals surface area contributed by atoms with Gasteiger partial charge >= 0.3 is 6.18 Å². The Morgan fingerprint density at radius 3 is 2.29 bits per heavy atom. The molecular weight excluding hydrogens is 439 g/mol. The van der Waals surface area contributed by atoms with Crippen molar-refractivity contribution in [3.63, 3.8) is 0 Å². The number of hydrogen-bond donors (Lipinski definition) is 0. The van der Waals surface area contributed by atoms with E-state index >= 15 is 0 Å². The molecule has 2 aromatic carbocycles. The molecule has 0 N–H and O–H groups in total. The van der Waals surface area contributed by atoms with E-state index in [0.29, 0.717) is 10.0 Å². The van der Waals surface area contributed by atoms with Gasteiger partial charge in [0, 0.05) is 8.95 Å². The number of benzene rings is 2. The monoisotopic (exact) mass is 444 g/mol. The van der Waals surface area contributed by atoms with Crippen LogP contribution in [0.25, 0.3) is 0 Å². The zero-order valence-corrected chi connectivity index (χ0v) is 14.1. The highest BCUT2D eigenvalue weighted by atomic mass is 79.9. The standard InChI is InChI=1S/C14H7Br2ClF4/c15-8-2-3-11(16)9(6-8)13(17)7-1-4-12(18)10(5-7)14(19,20)21/h1-6,13H. The highest BCUT2D eigenvalue weighted by molar-refractivity contribution is 9.11. The third kappa shape index (κ3) is 3.79. The minimum atomic E-state index is -4.76. The summed E-state index contributed by atoms with van der Waals surface area (Å²) in [4.78, 5) is 0. The molecule has 0 amide bonds. The molecule has 0 aromatic heterocycles. The molecule has 0 aliphatic heterocycles. The highest BCUT2D eigenvalue weighted by Crippen LogP contribution is 2.38.